The first-order valence-corrected chi connectivity index (χ1v) is 6.88. The van der Waals surface area contributed by atoms with E-state index in [1.165, 1.54) is 0 Å². The van der Waals surface area contributed by atoms with E-state index in [1.807, 2.05) is 41.1 Å². The molecule has 0 spiro atoms. The minimum Gasteiger partial charge on any atom is -0.338 e. The Bertz CT molecular complexity index is 691. The van der Waals surface area contributed by atoms with Crippen LogP contribution in [0.4, 0.5) is 0 Å². The van der Waals surface area contributed by atoms with Crippen molar-refractivity contribution in [2.45, 2.75) is 31.3 Å². The van der Waals surface area contributed by atoms with E-state index >= 15 is 0 Å². The number of benzene rings is 1. The summed E-state index contributed by atoms with van der Waals surface area (Å²) in [6.07, 6.45) is 4.53. The van der Waals surface area contributed by atoms with Gasteiger partial charge < -0.3 is 9.47 Å². The topological polar surface area (TPSA) is 49.0 Å². The third kappa shape index (κ3) is 1.87. The van der Waals surface area contributed by atoms with Gasteiger partial charge in [0.25, 0.3) is 0 Å². The van der Waals surface area contributed by atoms with Gasteiger partial charge in [0.15, 0.2) is 0 Å². The molecule has 0 radical (unpaired) electrons. The van der Waals surface area contributed by atoms with Crippen molar-refractivity contribution < 1.29 is 4.79 Å². The van der Waals surface area contributed by atoms with Crippen molar-refractivity contribution in [1.29, 1.82) is 5.26 Å². The summed E-state index contributed by atoms with van der Waals surface area (Å²) in [5, 5.41) is 10.4. The number of hydrogen-bond acceptors (Lipinski definition) is 2. The molecule has 0 unspecified atom stereocenters. The van der Waals surface area contributed by atoms with Gasteiger partial charge >= 0.3 is 0 Å². The first-order chi connectivity index (χ1) is 9.66. The van der Waals surface area contributed by atoms with Gasteiger partial charge in [-0.05, 0) is 36.8 Å². The van der Waals surface area contributed by atoms with Crippen molar-refractivity contribution in [2.75, 3.05) is 7.05 Å². The lowest BCUT2D eigenvalue weighted by molar-refractivity contribution is -0.136. The lowest BCUT2D eigenvalue weighted by Crippen LogP contribution is -2.54. The third-order valence-electron chi connectivity index (χ3n) is 4.39. The second kappa shape index (κ2) is 4.68. The number of para-hydroxylation sites is 1. The molecule has 1 fully saturated rings. The summed E-state index contributed by atoms with van der Waals surface area (Å²) >= 11 is 0. The zero-order valence-electron chi connectivity index (χ0n) is 11.5. The van der Waals surface area contributed by atoms with Gasteiger partial charge in [0.1, 0.15) is 12.1 Å². The second-order valence-corrected chi connectivity index (χ2v) is 5.45. The van der Waals surface area contributed by atoms with E-state index in [9.17, 15) is 10.1 Å². The highest BCUT2D eigenvalue weighted by Gasteiger charge is 2.43. The number of fused-ring (bicyclic) bond motifs is 1. The molecule has 1 aromatic carbocycles. The highest BCUT2D eigenvalue weighted by atomic mass is 16.2. The van der Waals surface area contributed by atoms with Gasteiger partial charge in [-0.2, -0.15) is 5.26 Å². The lowest BCUT2D eigenvalue weighted by Gasteiger charge is -2.43. The maximum Gasteiger partial charge on any atom is 0.243 e. The molecule has 0 aliphatic heterocycles. The number of nitrogens with zero attached hydrogens (tertiary/aromatic N) is 3. The molecule has 1 aromatic heterocycles. The number of likely N-dealkylation sites (N-methyl/N-ethyl adjacent to an activating group) is 1. The summed E-state index contributed by atoms with van der Waals surface area (Å²) in [6.45, 7) is 0.285. The van der Waals surface area contributed by atoms with Crippen LogP contribution < -0.4 is 0 Å². The van der Waals surface area contributed by atoms with Crippen molar-refractivity contribution in [3.05, 3.63) is 36.5 Å². The average Bonchev–Trinajstić information content (AvgIpc) is 2.81. The van der Waals surface area contributed by atoms with Gasteiger partial charge in [-0.3, -0.25) is 4.79 Å². The maximum atomic E-state index is 12.4. The van der Waals surface area contributed by atoms with Crippen LogP contribution in [-0.4, -0.2) is 28.0 Å². The number of aromatic nitrogens is 1. The molecule has 0 saturated heterocycles. The Morgan fingerprint density at radius 1 is 1.40 bits per heavy atom. The molecule has 0 bridgehead atoms. The molecule has 102 valence electrons. The maximum absolute atomic E-state index is 12.4. The fourth-order valence-corrected chi connectivity index (χ4v) is 2.80. The Labute approximate surface area is 118 Å². The zero-order valence-corrected chi connectivity index (χ0v) is 11.5. The van der Waals surface area contributed by atoms with Crippen molar-refractivity contribution in [3.63, 3.8) is 0 Å². The van der Waals surface area contributed by atoms with E-state index < -0.39 is 5.54 Å². The van der Waals surface area contributed by atoms with E-state index in [-0.39, 0.29) is 12.5 Å². The highest BCUT2D eigenvalue weighted by Crippen LogP contribution is 2.36. The van der Waals surface area contributed by atoms with Crippen molar-refractivity contribution in [1.82, 2.24) is 9.47 Å². The number of carbonyl (C=O) groups excluding carboxylic acids is 1. The number of hydrogen-bond donors (Lipinski definition) is 0. The summed E-state index contributed by atoms with van der Waals surface area (Å²) < 4.78 is 1.94. The van der Waals surface area contributed by atoms with Gasteiger partial charge in [-0.1, -0.05) is 18.2 Å². The summed E-state index contributed by atoms with van der Waals surface area (Å²) in [7, 11) is 1.75. The van der Waals surface area contributed by atoms with Crippen molar-refractivity contribution in [3.8, 4) is 6.07 Å². The first-order valence-electron chi connectivity index (χ1n) is 6.88. The van der Waals surface area contributed by atoms with E-state index in [0.29, 0.717) is 0 Å². The Morgan fingerprint density at radius 2 is 2.15 bits per heavy atom. The summed E-state index contributed by atoms with van der Waals surface area (Å²) in [6, 6.07) is 12.3. The van der Waals surface area contributed by atoms with E-state index in [4.69, 9.17) is 0 Å². The standard InChI is InChI=1S/C16H17N3O/c1-18(16(12-17)8-4-9-16)15(20)11-19-10-7-13-5-2-3-6-14(13)19/h2-3,5-7,10H,4,8-9,11H2,1H3. The van der Waals surface area contributed by atoms with Gasteiger partial charge in [0, 0.05) is 18.8 Å². The molecule has 0 N–H and O–H groups in total. The van der Waals surface area contributed by atoms with Crippen LogP contribution in [0.5, 0.6) is 0 Å². The molecule has 0 atom stereocenters. The van der Waals surface area contributed by atoms with E-state index in [2.05, 4.69) is 6.07 Å². The normalized spacial score (nSPS) is 16.4. The van der Waals surface area contributed by atoms with Crippen molar-refractivity contribution in [2.24, 2.45) is 0 Å². The number of carbonyl (C=O) groups is 1. The molecule has 4 nitrogen and oxygen atoms in total. The molecule has 1 saturated carbocycles. The zero-order chi connectivity index (χ0) is 14.2. The largest absolute Gasteiger partial charge is 0.338 e. The van der Waals surface area contributed by atoms with E-state index in [1.54, 1.807) is 11.9 Å². The number of rotatable bonds is 3. The van der Waals surface area contributed by atoms with Crippen LogP contribution in [0.1, 0.15) is 19.3 Å². The minimum atomic E-state index is -0.569. The van der Waals surface area contributed by atoms with Crippen LogP contribution in [0, 0.1) is 11.3 Å². The molecule has 3 rings (SSSR count). The molecule has 4 heteroatoms. The molecule has 2 aromatic rings. The van der Waals surface area contributed by atoms with Crippen LogP contribution in [-0.2, 0) is 11.3 Å². The van der Waals surface area contributed by atoms with Crippen molar-refractivity contribution >= 4 is 16.8 Å². The van der Waals surface area contributed by atoms with E-state index in [0.717, 1.165) is 30.2 Å². The van der Waals surface area contributed by atoms with Crippen LogP contribution in [0.3, 0.4) is 0 Å². The smallest absolute Gasteiger partial charge is 0.243 e. The molecule has 1 amide bonds. The van der Waals surface area contributed by atoms with Crippen LogP contribution in [0.25, 0.3) is 10.9 Å². The second-order valence-electron chi connectivity index (χ2n) is 5.45. The molecular formula is C16H17N3O. The molecule has 1 heterocycles. The molecule has 1 aliphatic carbocycles. The Morgan fingerprint density at radius 3 is 2.80 bits per heavy atom. The SMILES string of the molecule is CN(C(=O)Cn1ccc2ccccc21)C1(C#N)CCC1. The number of nitriles is 1. The molecule has 20 heavy (non-hydrogen) atoms. The summed E-state index contributed by atoms with van der Waals surface area (Å²) in [5.41, 5.74) is 0.480. The van der Waals surface area contributed by atoms with Crippen LogP contribution >= 0.6 is 0 Å². The highest BCUT2D eigenvalue weighted by molar-refractivity contribution is 5.83. The average molecular weight is 267 g/mol. The monoisotopic (exact) mass is 267 g/mol. The Balaban J connectivity index is 1.81. The first kappa shape index (κ1) is 12.7. The third-order valence-corrected chi connectivity index (χ3v) is 4.39. The Hall–Kier alpha value is -2.28. The lowest BCUT2D eigenvalue weighted by atomic mass is 9.76. The quantitative estimate of drug-likeness (QED) is 0.858. The predicted octanol–water partition coefficient (Wildman–Crippen LogP) is 2.55. The minimum absolute atomic E-state index is 0.00685. The predicted molar refractivity (Wildman–Crippen MR) is 76.9 cm³/mol. The van der Waals surface area contributed by atoms with Gasteiger partial charge in [0.05, 0.1) is 6.07 Å². The Kier molecular flexibility index (Phi) is 2.98. The van der Waals surface area contributed by atoms with Crippen LogP contribution in [0.2, 0.25) is 0 Å². The van der Waals surface area contributed by atoms with Gasteiger partial charge in [0.2, 0.25) is 5.91 Å². The van der Waals surface area contributed by atoms with Crippen LogP contribution in [0.15, 0.2) is 36.5 Å². The van der Waals surface area contributed by atoms with Gasteiger partial charge in [-0.25, -0.2) is 0 Å². The van der Waals surface area contributed by atoms with Gasteiger partial charge in [-0.15, -0.1) is 0 Å². The number of amides is 1. The molecular weight excluding hydrogens is 250 g/mol. The fourth-order valence-electron chi connectivity index (χ4n) is 2.80. The fraction of sp³-hybridized carbons (Fsp3) is 0.375. The summed E-state index contributed by atoms with van der Waals surface area (Å²) in [4.78, 5) is 14.0. The molecule has 1 aliphatic rings. The summed E-state index contributed by atoms with van der Waals surface area (Å²) in [5.74, 6) is -0.00685.